The molecule has 0 atom stereocenters. The van der Waals surface area contributed by atoms with Gasteiger partial charge in [0.1, 0.15) is 0 Å². The van der Waals surface area contributed by atoms with Crippen molar-refractivity contribution in [1.82, 2.24) is 0 Å². The Hall–Kier alpha value is -1.45. The molecule has 0 aliphatic heterocycles. The molecule has 0 bridgehead atoms. The van der Waals surface area contributed by atoms with Gasteiger partial charge in [0.05, 0.1) is 5.69 Å². The molecule has 5 heteroatoms. The van der Waals surface area contributed by atoms with Crippen LogP contribution in [0.25, 0.3) is 10.8 Å². The van der Waals surface area contributed by atoms with Crippen LogP contribution in [0, 0.1) is 0 Å². The molecule has 0 saturated carbocycles. The van der Waals surface area contributed by atoms with Gasteiger partial charge in [0.25, 0.3) is 0 Å². The first-order valence-corrected chi connectivity index (χ1v) is 4.70. The summed E-state index contributed by atoms with van der Waals surface area (Å²) in [4.78, 5) is 10.7. The molecule has 2 aromatic rings. The number of hydrogen-bond acceptors (Lipinski definition) is 1. The monoisotopic (exact) mass is 257 g/mol. The number of carbonyl (C=O) groups is 1. The van der Waals surface area contributed by atoms with Gasteiger partial charge in [-0.15, -0.1) is 12.4 Å². The predicted molar refractivity (Wildman–Crippen MR) is 67.6 cm³/mol. The van der Waals surface area contributed by atoms with E-state index in [1.54, 1.807) is 12.1 Å². The van der Waals surface area contributed by atoms with Gasteiger partial charge in [-0.1, -0.05) is 36.4 Å². The first-order valence-electron chi connectivity index (χ1n) is 4.37. The molecule has 2 aromatic carbocycles. The third kappa shape index (κ3) is 2.21. The lowest BCUT2D eigenvalue weighted by Gasteiger charge is -2.12. The Morgan fingerprint density at radius 1 is 1.12 bits per heavy atom. The van der Waals surface area contributed by atoms with Crippen molar-refractivity contribution in [2.45, 2.75) is 0 Å². The van der Waals surface area contributed by atoms with Crippen molar-refractivity contribution in [3.05, 3.63) is 42.5 Å². The largest absolute Gasteiger partial charge is 0.464 e. The highest BCUT2D eigenvalue weighted by molar-refractivity contribution is 6.36. The zero-order chi connectivity index (χ0) is 10.8. The molecule has 16 heavy (non-hydrogen) atoms. The number of hydrogen-bond donors (Lipinski definition) is 1. The SMILES string of the molecule is Cl.O=C(O)N(Cl)c1cccc2ccccc12. The molecule has 0 saturated heterocycles. The van der Waals surface area contributed by atoms with E-state index in [-0.39, 0.29) is 12.4 Å². The van der Waals surface area contributed by atoms with Crippen molar-refractivity contribution in [3.8, 4) is 0 Å². The standard InChI is InChI=1S/C11H8ClNO2.ClH/c12-13(11(14)15)10-7-3-5-8-4-1-2-6-9(8)10;/h1-7H,(H,14,15);1H. The van der Waals surface area contributed by atoms with Crippen molar-refractivity contribution in [3.63, 3.8) is 0 Å². The second kappa shape index (κ2) is 5.05. The molecular formula is C11H9Cl2NO2. The lowest BCUT2D eigenvalue weighted by atomic mass is 10.1. The van der Waals surface area contributed by atoms with E-state index in [0.29, 0.717) is 10.1 Å². The van der Waals surface area contributed by atoms with Gasteiger partial charge < -0.3 is 5.11 Å². The van der Waals surface area contributed by atoms with Gasteiger partial charge in [-0.25, -0.2) is 4.79 Å². The Kier molecular flexibility index (Phi) is 3.99. The highest BCUT2D eigenvalue weighted by Gasteiger charge is 2.13. The van der Waals surface area contributed by atoms with E-state index < -0.39 is 6.09 Å². The number of nitrogens with zero attached hydrogens (tertiary/aromatic N) is 1. The summed E-state index contributed by atoms with van der Waals surface area (Å²) in [7, 11) is 0. The first kappa shape index (κ1) is 12.6. The van der Waals surface area contributed by atoms with E-state index in [2.05, 4.69) is 0 Å². The second-order valence-corrected chi connectivity index (χ2v) is 3.40. The smallest absolute Gasteiger partial charge is 0.426 e. The fraction of sp³-hybridized carbons (Fsp3) is 0. The molecule has 2 rings (SSSR count). The van der Waals surface area contributed by atoms with Gasteiger partial charge in [-0.05, 0) is 11.5 Å². The molecule has 0 aromatic heterocycles. The number of amides is 1. The molecular weight excluding hydrogens is 249 g/mol. The zero-order valence-electron chi connectivity index (χ0n) is 8.13. The number of halogens is 2. The maximum Gasteiger partial charge on any atom is 0.426 e. The summed E-state index contributed by atoms with van der Waals surface area (Å²) < 4.78 is 0.697. The van der Waals surface area contributed by atoms with Crippen LogP contribution in [0.4, 0.5) is 10.5 Å². The van der Waals surface area contributed by atoms with Crippen molar-refractivity contribution in [2.75, 3.05) is 4.42 Å². The van der Waals surface area contributed by atoms with E-state index in [1.807, 2.05) is 30.3 Å². The molecule has 0 fully saturated rings. The fourth-order valence-corrected chi connectivity index (χ4v) is 1.63. The summed E-state index contributed by atoms with van der Waals surface area (Å²) in [6.07, 6.45) is -1.19. The van der Waals surface area contributed by atoms with Crippen molar-refractivity contribution >= 4 is 46.7 Å². The minimum Gasteiger partial charge on any atom is -0.464 e. The number of anilines is 1. The summed E-state index contributed by atoms with van der Waals surface area (Å²) in [5, 5.41) is 10.6. The average molecular weight is 258 g/mol. The summed E-state index contributed by atoms with van der Waals surface area (Å²) >= 11 is 5.65. The van der Waals surface area contributed by atoms with Gasteiger partial charge in [0.2, 0.25) is 0 Å². The second-order valence-electron chi connectivity index (χ2n) is 3.06. The Bertz CT molecular complexity index is 511. The van der Waals surface area contributed by atoms with Crippen LogP contribution in [0.2, 0.25) is 0 Å². The molecule has 84 valence electrons. The van der Waals surface area contributed by atoms with Gasteiger partial charge in [0, 0.05) is 17.2 Å². The van der Waals surface area contributed by atoms with Crippen molar-refractivity contribution < 1.29 is 9.90 Å². The fourth-order valence-electron chi connectivity index (χ4n) is 1.48. The quantitative estimate of drug-likeness (QED) is 0.788. The van der Waals surface area contributed by atoms with Crippen LogP contribution in [0.5, 0.6) is 0 Å². The molecule has 0 heterocycles. The topological polar surface area (TPSA) is 40.5 Å². The van der Waals surface area contributed by atoms with E-state index in [0.717, 1.165) is 10.8 Å². The van der Waals surface area contributed by atoms with Crippen LogP contribution >= 0.6 is 24.2 Å². The highest BCUT2D eigenvalue weighted by Crippen LogP contribution is 2.27. The summed E-state index contributed by atoms with van der Waals surface area (Å²) in [5.41, 5.74) is 0.474. The molecule has 1 N–H and O–H groups in total. The Morgan fingerprint density at radius 2 is 1.75 bits per heavy atom. The number of carboxylic acid groups (broad SMARTS) is 1. The molecule has 0 radical (unpaired) electrons. The molecule has 0 spiro atoms. The van der Waals surface area contributed by atoms with Gasteiger partial charge in [0.15, 0.2) is 0 Å². The predicted octanol–water partition coefficient (Wildman–Crippen LogP) is 3.90. The van der Waals surface area contributed by atoms with Gasteiger partial charge >= 0.3 is 6.09 Å². The van der Waals surface area contributed by atoms with Gasteiger partial charge in [-0.2, -0.15) is 4.42 Å². The highest BCUT2D eigenvalue weighted by atomic mass is 35.5. The summed E-state index contributed by atoms with van der Waals surface area (Å²) in [5.74, 6) is 0. The van der Waals surface area contributed by atoms with E-state index in [4.69, 9.17) is 16.9 Å². The van der Waals surface area contributed by atoms with Crippen LogP contribution in [-0.2, 0) is 0 Å². The zero-order valence-corrected chi connectivity index (χ0v) is 9.70. The normalized spacial score (nSPS) is 9.56. The molecule has 1 amide bonds. The van der Waals surface area contributed by atoms with E-state index >= 15 is 0 Å². The van der Waals surface area contributed by atoms with Crippen LogP contribution in [-0.4, -0.2) is 11.2 Å². The molecule has 0 aliphatic carbocycles. The third-order valence-electron chi connectivity index (χ3n) is 2.15. The average Bonchev–Trinajstić information content (AvgIpc) is 2.27. The van der Waals surface area contributed by atoms with Crippen LogP contribution < -0.4 is 4.42 Å². The maximum atomic E-state index is 10.7. The molecule has 3 nitrogen and oxygen atoms in total. The van der Waals surface area contributed by atoms with Crippen molar-refractivity contribution in [1.29, 1.82) is 0 Å². The summed E-state index contributed by atoms with van der Waals surface area (Å²) in [6, 6.07) is 12.8. The summed E-state index contributed by atoms with van der Waals surface area (Å²) in [6.45, 7) is 0. The molecule has 0 aliphatic rings. The lowest BCUT2D eigenvalue weighted by molar-refractivity contribution is 0.206. The number of fused-ring (bicyclic) bond motifs is 1. The Labute approximate surface area is 104 Å². The van der Waals surface area contributed by atoms with E-state index in [1.165, 1.54) is 0 Å². The van der Waals surface area contributed by atoms with Crippen LogP contribution in [0.3, 0.4) is 0 Å². The van der Waals surface area contributed by atoms with E-state index in [9.17, 15) is 4.79 Å². The minimum absolute atomic E-state index is 0. The number of benzene rings is 2. The van der Waals surface area contributed by atoms with Crippen LogP contribution in [0.1, 0.15) is 0 Å². The Balaban J connectivity index is 0.00000128. The first-order chi connectivity index (χ1) is 7.20. The minimum atomic E-state index is -1.19. The lowest BCUT2D eigenvalue weighted by Crippen LogP contribution is -2.17. The Morgan fingerprint density at radius 3 is 2.44 bits per heavy atom. The molecule has 0 unspecified atom stereocenters. The third-order valence-corrected chi connectivity index (χ3v) is 2.47. The van der Waals surface area contributed by atoms with Crippen molar-refractivity contribution in [2.24, 2.45) is 0 Å². The van der Waals surface area contributed by atoms with Crippen LogP contribution in [0.15, 0.2) is 42.5 Å². The maximum absolute atomic E-state index is 10.7. The van der Waals surface area contributed by atoms with Gasteiger partial charge in [-0.3, -0.25) is 0 Å². The number of rotatable bonds is 1.